The highest BCUT2D eigenvalue weighted by molar-refractivity contribution is 5.75. The largest absolute Gasteiger partial charge is 0.396 e. The van der Waals surface area contributed by atoms with E-state index in [1.807, 2.05) is 0 Å². The van der Waals surface area contributed by atoms with Crippen LogP contribution in [0.25, 0.3) is 0 Å². The van der Waals surface area contributed by atoms with E-state index in [0.29, 0.717) is 12.6 Å². The minimum atomic E-state index is -0.245. The smallest absolute Gasteiger partial charge is 0.231 e. The number of piperidine rings is 1. The molecule has 5 nitrogen and oxygen atoms in total. The highest BCUT2D eigenvalue weighted by Crippen LogP contribution is 2.12. The lowest BCUT2D eigenvalue weighted by atomic mass is 10.0. The van der Waals surface area contributed by atoms with Crippen molar-refractivity contribution in [3.8, 4) is 0 Å². The van der Waals surface area contributed by atoms with Crippen LogP contribution >= 0.6 is 0 Å². The maximum Gasteiger partial charge on any atom is 0.231 e. The topological polar surface area (TPSA) is 78.6 Å². The minimum absolute atomic E-state index is 0.245. The molecular weight excluding hydrogens is 218 g/mol. The Kier molecular flexibility index (Phi) is 7.16. The Labute approximate surface area is 103 Å². The summed E-state index contributed by atoms with van der Waals surface area (Å²) in [6.07, 6.45) is 5.06. The lowest BCUT2D eigenvalue weighted by molar-refractivity contribution is -0.119. The van der Waals surface area contributed by atoms with Gasteiger partial charge in [-0.3, -0.25) is 9.69 Å². The van der Waals surface area contributed by atoms with Gasteiger partial charge in [0.1, 0.15) is 0 Å². The molecule has 5 heteroatoms. The molecule has 0 atom stereocenters. The van der Waals surface area contributed by atoms with E-state index in [1.165, 1.54) is 0 Å². The zero-order chi connectivity index (χ0) is 12.5. The van der Waals surface area contributed by atoms with Gasteiger partial charge in [0.05, 0.1) is 6.54 Å². The van der Waals surface area contributed by atoms with Gasteiger partial charge < -0.3 is 16.2 Å². The molecule has 100 valence electrons. The van der Waals surface area contributed by atoms with E-state index >= 15 is 0 Å². The third-order valence-corrected chi connectivity index (χ3v) is 3.29. The molecule has 0 unspecified atom stereocenters. The van der Waals surface area contributed by atoms with Crippen LogP contribution in [0.5, 0.6) is 0 Å². The van der Waals surface area contributed by atoms with Gasteiger partial charge in [0.25, 0.3) is 0 Å². The van der Waals surface area contributed by atoms with E-state index in [-0.39, 0.29) is 12.5 Å². The van der Waals surface area contributed by atoms with Crippen molar-refractivity contribution in [3.05, 3.63) is 0 Å². The van der Waals surface area contributed by atoms with Gasteiger partial charge in [-0.25, -0.2) is 0 Å². The first kappa shape index (κ1) is 14.4. The first-order valence-corrected chi connectivity index (χ1v) is 6.58. The SMILES string of the molecule is NC(=O)CN(CCCCCO)C1CCNCC1. The van der Waals surface area contributed by atoms with Crippen molar-refractivity contribution < 1.29 is 9.90 Å². The number of hydrogen-bond acceptors (Lipinski definition) is 4. The van der Waals surface area contributed by atoms with Crippen LogP contribution in [-0.2, 0) is 4.79 Å². The minimum Gasteiger partial charge on any atom is -0.396 e. The average Bonchev–Trinajstić information content (AvgIpc) is 2.34. The Morgan fingerprint density at radius 2 is 2.00 bits per heavy atom. The van der Waals surface area contributed by atoms with E-state index in [1.54, 1.807) is 0 Å². The van der Waals surface area contributed by atoms with Crippen molar-refractivity contribution >= 4 is 5.91 Å². The van der Waals surface area contributed by atoms with E-state index in [2.05, 4.69) is 10.2 Å². The summed E-state index contributed by atoms with van der Waals surface area (Å²) in [5, 5.41) is 12.1. The fourth-order valence-corrected chi connectivity index (χ4v) is 2.37. The number of nitrogens with two attached hydrogens (primary N) is 1. The number of primary amides is 1. The molecule has 0 aliphatic carbocycles. The maximum absolute atomic E-state index is 11.1. The number of hydrogen-bond donors (Lipinski definition) is 3. The van der Waals surface area contributed by atoms with Gasteiger partial charge in [-0.2, -0.15) is 0 Å². The number of nitrogens with zero attached hydrogens (tertiary/aromatic N) is 1. The van der Waals surface area contributed by atoms with E-state index in [0.717, 1.165) is 51.7 Å². The second-order valence-electron chi connectivity index (χ2n) is 4.70. The van der Waals surface area contributed by atoms with Gasteiger partial charge in [-0.05, 0) is 51.7 Å². The molecular formula is C12H25N3O2. The van der Waals surface area contributed by atoms with Gasteiger partial charge in [0.2, 0.25) is 5.91 Å². The molecule has 1 amide bonds. The zero-order valence-corrected chi connectivity index (χ0v) is 10.5. The summed E-state index contributed by atoms with van der Waals surface area (Å²) >= 11 is 0. The van der Waals surface area contributed by atoms with Crippen LogP contribution < -0.4 is 11.1 Å². The third-order valence-electron chi connectivity index (χ3n) is 3.29. The number of aliphatic hydroxyl groups is 1. The molecule has 0 aromatic carbocycles. The van der Waals surface area contributed by atoms with Crippen molar-refractivity contribution in [1.82, 2.24) is 10.2 Å². The number of rotatable bonds is 8. The summed E-state index contributed by atoms with van der Waals surface area (Å²) in [5.41, 5.74) is 5.29. The average molecular weight is 243 g/mol. The van der Waals surface area contributed by atoms with Crippen molar-refractivity contribution in [1.29, 1.82) is 0 Å². The van der Waals surface area contributed by atoms with Crippen LogP contribution in [0.3, 0.4) is 0 Å². The Morgan fingerprint density at radius 3 is 2.59 bits per heavy atom. The summed E-state index contributed by atoms with van der Waals surface area (Å²) in [4.78, 5) is 13.3. The Balaban J connectivity index is 2.33. The first-order valence-electron chi connectivity index (χ1n) is 6.58. The summed E-state index contributed by atoms with van der Waals surface area (Å²) in [6, 6.07) is 0.484. The molecule has 4 N–H and O–H groups in total. The van der Waals surface area contributed by atoms with E-state index < -0.39 is 0 Å². The molecule has 1 saturated heterocycles. The quantitative estimate of drug-likeness (QED) is 0.511. The molecule has 1 aliphatic heterocycles. The number of carbonyl (C=O) groups excluding carboxylic acids is 1. The van der Waals surface area contributed by atoms with Crippen molar-refractivity contribution in [2.75, 3.05) is 32.8 Å². The monoisotopic (exact) mass is 243 g/mol. The molecule has 0 spiro atoms. The number of nitrogens with one attached hydrogen (secondary N) is 1. The van der Waals surface area contributed by atoms with Crippen LogP contribution in [0.4, 0.5) is 0 Å². The molecule has 0 saturated carbocycles. The second kappa shape index (κ2) is 8.44. The molecule has 1 rings (SSSR count). The number of unbranched alkanes of at least 4 members (excludes halogenated alkanes) is 2. The van der Waals surface area contributed by atoms with Gasteiger partial charge >= 0.3 is 0 Å². The van der Waals surface area contributed by atoms with Crippen LogP contribution in [0.2, 0.25) is 0 Å². The molecule has 17 heavy (non-hydrogen) atoms. The van der Waals surface area contributed by atoms with Crippen molar-refractivity contribution in [2.45, 2.75) is 38.1 Å². The highest BCUT2D eigenvalue weighted by Gasteiger charge is 2.21. The fraction of sp³-hybridized carbons (Fsp3) is 0.917. The van der Waals surface area contributed by atoms with Gasteiger partial charge in [0, 0.05) is 12.6 Å². The number of aliphatic hydroxyl groups excluding tert-OH is 1. The Hall–Kier alpha value is -0.650. The molecule has 1 fully saturated rings. The summed E-state index contributed by atoms with van der Waals surface area (Å²) < 4.78 is 0. The second-order valence-corrected chi connectivity index (χ2v) is 4.70. The number of amides is 1. The summed E-state index contributed by atoms with van der Waals surface area (Å²) in [6.45, 7) is 3.58. The van der Waals surface area contributed by atoms with Gasteiger partial charge in [-0.1, -0.05) is 0 Å². The van der Waals surface area contributed by atoms with Gasteiger partial charge in [0.15, 0.2) is 0 Å². The van der Waals surface area contributed by atoms with Crippen LogP contribution in [0.15, 0.2) is 0 Å². The lowest BCUT2D eigenvalue weighted by Crippen LogP contribution is -2.46. The molecule has 0 aromatic rings. The molecule has 0 aromatic heterocycles. The predicted molar refractivity (Wildman–Crippen MR) is 67.6 cm³/mol. The fourth-order valence-electron chi connectivity index (χ4n) is 2.37. The molecule has 1 heterocycles. The van der Waals surface area contributed by atoms with E-state index in [9.17, 15) is 4.79 Å². The standard InChI is InChI=1S/C12H25N3O2/c13-12(17)10-15(8-2-1-3-9-16)11-4-6-14-7-5-11/h11,14,16H,1-10H2,(H2,13,17). The molecule has 1 aliphatic rings. The van der Waals surface area contributed by atoms with Crippen molar-refractivity contribution in [3.63, 3.8) is 0 Å². The highest BCUT2D eigenvalue weighted by atomic mass is 16.2. The molecule has 0 bridgehead atoms. The first-order chi connectivity index (χ1) is 8.24. The summed E-state index contributed by atoms with van der Waals surface area (Å²) in [7, 11) is 0. The third kappa shape index (κ3) is 6.00. The number of carbonyl (C=O) groups is 1. The van der Waals surface area contributed by atoms with E-state index in [4.69, 9.17) is 10.8 Å². The normalized spacial score (nSPS) is 17.5. The maximum atomic E-state index is 11.1. The van der Waals surface area contributed by atoms with Crippen molar-refractivity contribution in [2.24, 2.45) is 5.73 Å². The Morgan fingerprint density at radius 1 is 1.29 bits per heavy atom. The molecule has 0 radical (unpaired) electrons. The van der Waals surface area contributed by atoms with Crippen LogP contribution in [0.1, 0.15) is 32.1 Å². The van der Waals surface area contributed by atoms with Gasteiger partial charge in [-0.15, -0.1) is 0 Å². The predicted octanol–water partition coefficient (Wildman–Crippen LogP) is -0.312. The Bertz CT molecular complexity index is 218. The lowest BCUT2D eigenvalue weighted by Gasteiger charge is -2.33. The summed E-state index contributed by atoms with van der Waals surface area (Å²) in [5.74, 6) is -0.245. The van der Waals surface area contributed by atoms with Crippen LogP contribution in [0, 0.1) is 0 Å². The zero-order valence-electron chi connectivity index (χ0n) is 10.5. The van der Waals surface area contributed by atoms with Crippen LogP contribution in [-0.4, -0.2) is 54.7 Å².